The van der Waals surface area contributed by atoms with E-state index in [4.69, 9.17) is 4.43 Å². The second-order valence-corrected chi connectivity index (χ2v) is 14.7. The summed E-state index contributed by atoms with van der Waals surface area (Å²) in [4.78, 5) is 12.3. The van der Waals surface area contributed by atoms with Crippen LogP contribution >= 0.6 is 0 Å². The number of benzene rings is 1. The Morgan fingerprint density at radius 1 is 1.17 bits per heavy atom. The van der Waals surface area contributed by atoms with Crippen LogP contribution in [-0.4, -0.2) is 34.1 Å². The minimum absolute atomic E-state index is 0.00468. The van der Waals surface area contributed by atoms with Gasteiger partial charge in [-0.15, -0.1) is 0 Å². The van der Waals surface area contributed by atoms with Gasteiger partial charge < -0.3 is 9.74 Å². The highest BCUT2D eigenvalue weighted by Gasteiger charge is 2.53. The molecule has 1 amide bonds. The molecule has 2 rings (SSSR count). The zero-order chi connectivity index (χ0) is 18.3. The number of carbonyl (C=O) groups is 1. The Morgan fingerprint density at radius 2 is 1.71 bits per heavy atom. The fourth-order valence-corrected chi connectivity index (χ4v) is 5.83. The van der Waals surface area contributed by atoms with Crippen molar-refractivity contribution in [2.75, 3.05) is 0 Å². The van der Waals surface area contributed by atoms with Gasteiger partial charge in [-0.2, -0.15) is 0 Å². The summed E-state index contributed by atoms with van der Waals surface area (Å²) >= 11 is 0. The van der Waals surface area contributed by atoms with Gasteiger partial charge in [-0.1, -0.05) is 39.0 Å². The van der Waals surface area contributed by atoms with E-state index in [-0.39, 0.29) is 15.8 Å². The van der Waals surface area contributed by atoms with Gasteiger partial charge in [0.1, 0.15) is 5.37 Å². The van der Waals surface area contributed by atoms with Crippen LogP contribution in [0.2, 0.25) is 18.1 Å². The summed E-state index contributed by atoms with van der Waals surface area (Å²) in [6.45, 7) is 12.3. The van der Waals surface area contributed by atoms with Crippen molar-refractivity contribution in [1.82, 2.24) is 5.32 Å². The van der Waals surface area contributed by atoms with E-state index in [1.165, 1.54) is 0 Å². The second-order valence-electron chi connectivity index (χ2n) is 7.90. The van der Waals surface area contributed by atoms with E-state index in [0.717, 1.165) is 0 Å². The molecule has 7 heteroatoms. The van der Waals surface area contributed by atoms with Gasteiger partial charge in [-0.25, -0.2) is 8.42 Å². The molecule has 24 heavy (non-hydrogen) atoms. The van der Waals surface area contributed by atoms with Gasteiger partial charge in [0.25, 0.3) is 0 Å². The summed E-state index contributed by atoms with van der Waals surface area (Å²) < 4.78 is 31.8. The van der Waals surface area contributed by atoms with Gasteiger partial charge in [-0.05, 0) is 37.2 Å². The first-order chi connectivity index (χ1) is 10.9. The van der Waals surface area contributed by atoms with Crippen LogP contribution in [0.4, 0.5) is 0 Å². The van der Waals surface area contributed by atoms with Crippen molar-refractivity contribution in [2.24, 2.45) is 5.92 Å². The third kappa shape index (κ3) is 3.43. The van der Waals surface area contributed by atoms with E-state index >= 15 is 0 Å². The zero-order valence-electron chi connectivity index (χ0n) is 15.2. The molecule has 1 aliphatic heterocycles. The molecule has 0 aliphatic carbocycles. The van der Waals surface area contributed by atoms with Gasteiger partial charge in [-0.3, -0.25) is 4.79 Å². The fraction of sp³-hybridized carbons (Fsp3) is 0.588. The SMILES string of the molecule is C[C@@H](O[Si](C)(C)C(C)(C)C)C1C(=O)N[C@@H]1S(=O)(=O)c1ccccc1. The fourth-order valence-electron chi connectivity index (χ4n) is 2.57. The normalized spacial score (nSPS) is 23.3. The molecule has 0 radical (unpaired) electrons. The molecule has 1 aromatic rings. The average Bonchev–Trinajstić information content (AvgIpc) is 2.43. The highest BCUT2D eigenvalue weighted by Crippen LogP contribution is 2.39. The molecule has 134 valence electrons. The topological polar surface area (TPSA) is 72.5 Å². The molecule has 0 aromatic heterocycles. The lowest BCUT2D eigenvalue weighted by Gasteiger charge is -2.44. The molecule has 5 nitrogen and oxygen atoms in total. The van der Waals surface area contributed by atoms with Crippen molar-refractivity contribution in [3.05, 3.63) is 30.3 Å². The number of carbonyl (C=O) groups excluding carboxylic acids is 1. The first-order valence-electron chi connectivity index (χ1n) is 8.15. The molecule has 1 heterocycles. The van der Waals surface area contributed by atoms with Gasteiger partial charge in [0.2, 0.25) is 5.91 Å². The number of β-lactam (4-membered cyclic amide) rings is 1. The number of hydrogen-bond acceptors (Lipinski definition) is 4. The van der Waals surface area contributed by atoms with E-state index in [1.807, 2.05) is 0 Å². The van der Waals surface area contributed by atoms with Crippen molar-refractivity contribution in [1.29, 1.82) is 0 Å². The minimum atomic E-state index is -3.62. The molecular weight excluding hydrogens is 342 g/mol. The molecule has 1 aliphatic rings. The van der Waals surface area contributed by atoms with Crippen molar-refractivity contribution in [3.63, 3.8) is 0 Å². The van der Waals surface area contributed by atoms with Gasteiger partial charge in [0.15, 0.2) is 18.2 Å². The largest absolute Gasteiger partial charge is 0.413 e. The van der Waals surface area contributed by atoms with Crippen LogP contribution in [0, 0.1) is 5.92 Å². The molecule has 1 aromatic carbocycles. The van der Waals surface area contributed by atoms with Gasteiger partial charge >= 0.3 is 0 Å². The number of hydrogen-bond donors (Lipinski definition) is 1. The molecule has 1 unspecified atom stereocenters. The molecule has 0 spiro atoms. The highest BCUT2D eigenvalue weighted by molar-refractivity contribution is 7.92. The van der Waals surface area contributed by atoms with Crippen LogP contribution in [0.1, 0.15) is 27.7 Å². The quantitative estimate of drug-likeness (QED) is 0.640. The maximum atomic E-state index is 12.8. The Bertz CT molecular complexity index is 710. The van der Waals surface area contributed by atoms with Crippen LogP contribution in [0.3, 0.4) is 0 Å². The molecule has 0 bridgehead atoms. The van der Waals surface area contributed by atoms with Crippen LogP contribution < -0.4 is 5.32 Å². The lowest BCUT2D eigenvalue weighted by Crippen LogP contribution is -2.66. The summed E-state index contributed by atoms with van der Waals surface area (Å²) in [5, 5.41) is 1.62. The Balaban J connectivity index is 2.23. The number of amides is 1. The van der Waals surface area contributed by atoms with E-state index in [2.05, 4.69) is 39.2 Å². The summed E-state index contributed by atoms with van der Waals surface area (Å²) in [6, 6.07) is 8.22. The summed E-state index contributed by atoms with van der Waals surface area (Å²) in [5.41, 5.74) is 0. The van der Waals surface area contributed by atoms with Crippen molar-refractivity contribution >= 4 is 24.1 Å². The van der Waals surface area contributed by atoms with Crippen LogP contribution in [0.15, 0.2) is 35.2 Å². The maximum absolute atomic E-state index is 12.8. The third-order valence-electron chi connectivity index (χ3n) is 5.11. The predicted octanol–water partition coefficient (Wildman–Crippen LogP) is 2.94. The molecule has 1 saturated heterocycles. The zero-order valence-corrected chi connectivity index (χ0v) is 17.0. The van der Waals surface area contributed by atoms with Gasteiger partial charge in [0, 0.05) is 0 Å². The standard InChI is InChI=1S/C17H27NO4SSi/c1-12(22-24(5,6)17(2,3)4)14-15(19)18-16(14)23(20,21)13-10-8-7-9-11-13/h7-12,14,16H,1-6H3,(H,18,19)/t12-,14?,16-/m1/s1. The second kappa shape index (κ2) is 6.27. The number of nitrogens with one attached hydrogen (secondary N) is 1. The smallest absolute Gasteiger partial charge is 0.229 e. The Kier molecular flexibility index (Phi) is 5.01. The summed E-state index contributed by atoms with van der Waals surface area (Å²) in [6.07, 6.45) is -0.442. The average molecular weight is 370 g/mol. The van der Waals surface area contributed by atoms with Crippen molar-refractivity contribution in [2.45, 2.75) is 62.2 Å². The van der Waals surface area contributed by atoms with Crippen LogP contribution in [-0.2, 0) is 19.1 Å². The van der Waals surface area contributed by atoms with Crippen LogP contribution in [0.25, 0.3) is 0 Å². The first-order valence-corrected chi connectivity index (χ1v) is 12.6. The Labute approximate surface area is 145 Å². The van der Waals surface area contributed by atoms with Crippen molar-refractivity contribution < 1.29 is 17.6 Å². The van der Waals surface area contributed by atoms with Gasteiger partial charge in [0.05, 0.1) is 16.9 Å². The number of rotatable bonds is 5. The van der Waals surface area contributed by atoms with Crippen LogP contribution in [0.5, 0.6) is 0 Å². The lowest BCUT2D eigenvalue weighted by molar-refractivity contribution is -0.136. The molecule has 1 N–H and O–H groups in total. The summed E-state index contributed by atoms with van der Waals surface area (Å²) in [5.74, 6) is -0.935. The van der Waals surface area contributed by atoms with E-state index < -0.39 is 35.6 Å². The highest BCUT2D eigenvalue weighted by atomic mass is 32.2. The molecule has 1 fully saturated rings. The predicted molar refractivity (Wildman–Crippen MR) is 96.8 cm³/mol. The molecule has 3 atom stereocenters. The molecule has 0 saturated carbocycles. The lowest BCUT2D eigenvalue weighted by atomic mass is 9.96. The Morgan fingerprint density at radius 3 is 2.17 bits per heavy atom. The Hall–Kier alpha value is -1.18. The summed E-state index contributed by atoms with van der Waals surface area (Å²) in [7, 11) is -5.70. The maximum Gasteiger partial charge on any atom is 0.229 e. The molecular formula is C17H27NO4SSi. The van der Waals surface area contributed by atoms with E-state index in [9.17, 15) is 13.2 Å². The van der Waals surface area contributed by atoms with E-state index in [0.29, 0.717) is 0 Å². The van der Waals surface area contributed by atoms with E-state index in [1.54, 1.807) is 37.3 Å². The first kappa shape index (κ1) is 19.1. The minimum Gasteiger partial charge on any atom is -0.413 e. The van der Waals surface area contributed by atoms with Crippen molar-refractivity contribution in [3.8, 4) is 0 Å². The monoisotopic (exact) mass is 369 g/mol. The third-order valence-corrected chi connectivity index (χ3v) is 11.7. The number of sulfone groups is 1.